The molecule has 0 unspecified atom stereocenters. The van der Waals surface area contributed by atoms with Gasteiger partial charge in [0.2, 0.25) is 0 Å². The Morgan fingerprint density at radius 3 is 2.56 bits per heavy atom. The molecule has 4 rings (SSSR count). The molecule has 5 nitrogen and oxygen atoms in total. The van der Waals surface area contributed by atoms with Gasteiger partial charge in [0.1, 0.15) is 5.82 Å². The molecule has 2 aromatic carbocycles. The molecule has 138 valence electrons. The number of carbonyl (C=O) groups excluding carboxylic acids is 1. The molecule has 1 aliphatic rings. The van der Waals surface area contributed by atoms with Crippen LogP contribution in [0, 0.1) is 0 Å². The summed E-state index contributed by atoms with van der Waals surface area (Å²) in [5.41, 5.74) is 1.83. The molecule has 1 fully saturated rings. The van der Waals surface area contributed by atoms with Gasteiger partial charge in [0, 0.05) is 18.9 Å². The molecule has 5 heteroatoms. The van der Waals surface area contributed by atoms with Crippen molar-refractivity contribution in [3.8, 4) is 0 Å². The monoisotopic (exact) mass is 362 g/mol. The van der Waals surface area contributed by atoms with Crippen LogP contribution in [0.5, 0.6) is 0 Å². The molecule has 1 saturated carbocycles. The van der Waals surface area contributed by atoms with Crippen molar-refractivity contribution in [2.45, 2.75) is 38.1 Å². The molecule has 0 bridgehead atoms. The Morgan fingerprint density at radius 2 is 1.78 bits per heavy atom. The van der Waals surface area contributed by atoms with E-state index in [1.54, 1.807) is 4.57 Å². The number of para-hydroxylation sites is 1. The van der Waals surface area contributed by atoms with Crippen LogP contribution in [0.2, 0.25) is 0 Å². The molecule has 0 amide bonds. The average molecular weight is 362 g/mol. The first kappa shape index (κ1) is 17.5. The molecule has 1 heterocycles. The number of aromatic nitrogens is 2. The number of benzene rings is 2. The van der Waals surface area contributed by atoms with Crippen molar-refractivity contribution >= 4 is 16.9 Å². The van der Waals surface area contributed by atoms with Gasteiger partial charge in [-0.05, 0) is 30.5 Å². The van der Waals surface area contributed by atoms with Crippen molar-refractivity contribution in [2.75, 3.05) is 6.61 Å². The van der Waals surface area contributed by atoms with Crippen LogP contribution < -0.4 is 5.56 Å². The Labute approximate surface area is 157 Å². The van der Waals surface area contributed by atoms with E-state index in [0.29, 0.717) is 36.2 Å². The van der Waals surface area contributed by atoms with Crippen LogP contribution in [0.4, 0.5) is 0 Å². The van der Waals surface area contributed by atoms with Crippen LogP contribution in [0.1, 0.15) is 36.7 Å². The summed E-state index contributed by atoms with van der Waals surface area (Å²) in [5, 5.41) is 0.638. The summed E-state index contributed by atoms with van der Waals surface area (Å²) in [6.07, 6.45) is 3.34. The van der Waals surface area contributed by atoms with Crippen LogP contribution in [0.3, 0.4) is 0 Å². The maximum atomic E-state index is 12.8. The van der Waals surface area contributed by atoms with Gasteiger partial charge in [-0.25, -0.2) is 4.98 Å². The quantitative estimate of drug-likeness (QED) is 0.604. The van der Waals surface area contributed by atoms with E-state index in [9.17, 15) is 9.59 Å². The van der Waals surface area contributed by atoms with Gasteiger partial charge in [-0.2, -0.15) is 0 Å². The molecule has 0 N–H and O–H groups in total. The van der Waals surface area contributed by atoms with Gasteiger partial charge < -0.3 is 4.74 Å². The lowest BCUT2D eigenvalue weighted by Gasteiger charge is -2.12. The third-order valence-corrected chi connectivity index (χ3v) is 4.84. The van der Waals surface area contributed by atoms with E-state index in [1.807, 2.05) is 54.6 Å². The van der Waals surface area contributed by atoms with E-state index in [1.165, 1.54) is 0 Å². The third kappa shape index (κ3) is 4.08. The van der Waals surface area contributed by atoms with Crippen molar-refractivity contribution in [2.24, 2.45) is 0 Å². The Kier molecular flexibility index (Phi) is 5.01. The molecule has 0 spiro atoms. The highest BCUT2D eigenvalue weighted by molar-refractivity contribution is 5.77. The topological polar surface area (TPSA) is 61.2 Å². The zero-order valence-electron chi connectivity index (χ0n) is 15.1. The third-order valence-electron chi connectivity index (χ3n) is 4.84. The summed E-state index contributed by atoms with van der Waals surface area (Å²) in [7, 11) is 0. The van der Waals surface area contributed by atoms with E-state index in [-0.39, 0.29) is 24.0 Å². The van der Waals surface area contributed by atoms with Gasteiger partial charge in [-0.3, -0.25) is 14.2 Å². The lowest BCUT2D eigenvalue weighted by molar-refractivity contribution is -0.143. The molecule has 0 saturated heterocycles. The first-order valence-corrected chi connectivity index (χ1v) is 9.42. The highest BCUT2D eigenvalue weighted by atomic mass is 16.5. The zero-order valence-corrected chi connectivity index (χ0v) is 15.1. The van der Waals surface area contributed by atoms with Crippen LogP contribution in [0.25, 0.3) is 10.9 Å². The van der Waals surface area contributed by atoms with Gasteiger partial charge in [-0.15, -0.1) is 0 Å². The zero-order chi connectivity index (χ0) is 18.6. The van der Waals surface area contributed by atoms with Gasteiger partial charge in [-0.1, -0.05) is 42.5 Å². The number of esters is 1. The summed E-state index contributed by atoms with van der Waals surface area (Å²) in [6.45, 7) is 0.365. The van der Waals surface area contributed by atoms with Crippen LogP contribution in [-0.4, -0.2) is 22.1 Å². The minimum atomic E-state index is -0.254. The van der Waals surface area contributed by atoms with Gasteiger partial charge in [0.15, 0.2) is 0 Å². The number of aryl methyl sites for hydroxylation is 1. The highest BCUT2D eigenvalue weighted by Gasteiger charge is 2.28. The van der Waals surface area contributed by atoms with E-state index >= 15 is 0 Å². The minimum absolute atomic E-state index is 0.00413. The normalized spacial score (nSPS) is 13.6. The van der Waals surface area contributed by atoms with Gasteiger partial charge in [0.25, 0.3) is 5.56 Å². The average Bonchev–Trinajstić information content (AvgIpc) is 3.52. The molecule has 0 radical (unpaired) electrons. The second-order valence-electron chi connectivity index (χ2n) is 6.91. The number of fused-ring (bicyclic) bond motifs is 1. The Bertz CT molecular complexity index is 1010. The van der Waals surface area contributed by atoms with E-state index in [4.69, 9.17) is 4.74 Å². The van der Waals surface area contributed by atoms with Gasteiger partial charge >= 0.3 is 5.97 Å². The summed E-state index contributed by atoms with van der Waals surface area (Å²) < 4.78 is 7.12. The number of nitrogens with zero attached hydrogens (tertiary/aromatic N) is 2. The lowest BCUT2D eigenvalue weighted by Crippen LogP contribution is -2.25. The number of ether oxygens (including phenoxy) is 1. The standard InChI is InChI=1S/C22H22N2O3/c25-21(27-15-14-16-6-2-1-3-7-16)13-12-20-23-19-9-5-4-8-18(19)22(26)24(20)17-10-11-17/h1-9,17H,10-15H2. The molecule has 27 heavy (non-hydrogen) atoms. The fourth-order valence-electron chi connectivity index (χ4n) is 3.29. The predicted molar refractivity (Wildman–Crippen MR) is 104 cm³/mol. The summed E-state index contributed by atoms with van der Waals surface area (Å²) >= 11 is 0. The number of hydrogen-bond acceptors (Lipinski definition) is 4. The Hall–Kier alpha value is -2.95. The van der Waals surface area contributed by atoms with Crippen LogP contribution in [-0.2, 0) is 22.4 Å². The molecule has 0 atom stereocenters. The Morgan fingerprint density at radius 1 is 1.04 bits per heavy atom. The second kappa shape index (κ2) is 7.74. The Balaban J connectivity index is 1.41. The summed E-state index contributed by atoms with van der Waals surface area (Å²) in [5.74, 6) is 0.428. The van der Waals surface area contributed by atoms with Crippen molar-refractivity contribution < 1.29 is 9.53 Å². The van der Waals surface area contributed by atoms with Crippen LogP contribution >= 0.6 is 0 Å². The molecule has 1 aromatic heterocycles. The molecule has 0 aliphatic heterocycles. The van der Waals surface area contributed by atoms with Crippen molar-refractivity contribution in [3.05, 3.63) is 76.3 Å². The van der Waals surface area contributed by atoms with E-state index in [0.717, 1.165) is 18.4 Å². The lowest BCUT2D eigenvalue weighted by atomic mass is 10.2. The van der Waals surface area contributed by atoms with Crippen molar-refractivity contribution in [3.63, 3.8) is 0 Å². The highest BCUT2D eigenvalue weighted by Crippen LogP contribution is 2.34. The second-order valence-corrected chi connectivity index (χ2v) is 6.91. The maximum Gasteiger partial charge on any atom is 0.306 e. The number of rotatable bonds is 7. The molecule has 1 aliphatic carbocycles. The molecular formula is C22H22N2O3. The summed E-state index contributed by atoms with van der Waals surface area (Å²) in [4.78, 5) is 29.6. The largest absolute Gasteiger partial charge is 0.465 e. The van der Waals surface area contributed by atoms with Gasteiger partial charge in [0.05, 0.1) is 23.9 Å². The predicted octanol–water partition coefficient (Wildman–Crippen LogP) is 3.45. The minimum Gasteiger partial charge on any atom is -0.465 e. The van der Waals surface area contributed by atoms with Crippen molar-refractivity contribution in [1.82, 2.24) is 9.55 Å². The van der Waals surface area contributed by atoms with Crippen molar-refractivity contribution in [1.29, 1.82) is 0 Å². The summed E-state index contributed by atoms with van der Waals surface area (Å²) in [6, 6.07) is 17.5. The number of hydrogen-bond donors (Lipinski definition) is 0. The first-order valence-electron chi connectivity index (χ1n) is 9.42. The van der Waals surface area contributed by atoms with E-state index in [2.05, 4.69) is 4.98 Å². The molecule has 3 aromatic rings. The smallest absolute Gasteiger partial charge is 0.306 e. The first-order chi connectivity index (χ1) is 13.2. The SMILES string of the molecule is O=C(CCc1nc2ccccc2c(=O)n1C1CC1)OCCc1ccccc1. The maximum absolute atomic E-state index is 12.8. The molecular weight excluding hydrogens is 340 g/mol. The van der Waals surface area contributed by atoms with E-state index < -0.39 is 0 Å². The fourth-order valence-corrected chi connectivity index (χ4v) is 3.29. The fraction of sp³-hybridized carbons (Fsp3) is 0.318. The van der Waals surface area contributed by atoms with Crippen LogP contribution in [0.15, 0.2) is 59.4 Å². The number of carbonyl (C=O) groups is 1.